The van der Waals surface area contributed by atoms with Crippen molar-refractivity contribution in [1.82, 2.24) is 16.0 Å². The van der Waals surface area contributed by atoms with Gasteiger partial charge in [-0.3, -0.25) is 9.59 Å². The first-order valence-corrected chi connectivity index (χ1v) is 6.61. The lowest BCUT2D eigenvalue weighted by atomic mass is 10.0. The molecule has 112 valence electrons. The van der Waals surface area contributed by atoms with Crippen molar-refractivity contribution < 1.29 is 19.5 Å². The smallest absolute Gasteiger partial charge is 0.405 e. The zero-order valence-corrected chi connectivity index (χ0v) is 11.6. The molecule has 1 heterocycles. The van der Waals surface area contributed by atoms with Gasteiger partial charge in [-0.1, -0.05) is 24.3 Å². The van der Waals surface area contributed by atoms with Gasteiger partial charge >= 0.3 is 6.09 Å². The highest BCUT2D eigenvalue weighted by atomic mass is 16.4. The molecule has 2 rings (SSSR count). The highest BCUT2D eigenvalue weighted by Gasteiger charge is 2.27. The minimum atomic E-state index is -1.28. The quantitative estimate of drug-likeness (QED) is 0.628. The number of rotatable bonds is 3. The standard InChI is InChI=1S/C14H17N3O4/c1-8(16-14(20)21)12(18)17-11-6-9-4-2-3-5-10(9)7-15-13(11)19/h2-5,8,11,16H,6-7H2,1H3,(H,15,19)(H,17,18)(H,20,21)/t8?,11-/m0/s1. The van der Waals surface area contributed by atoms with Crippen LogP contribution < -0.4 is 16.0 Å². The van der Waals surface area contributed by atoms with Crippen LogP contribution in [0.25, 0.3) is 0 Å². The molecule has 0 aliphatic carbocycles. The molecule has 1 aliphatic rings. The third kappa shape index (κ3) is 3.71. The van der Waals surface area contributed by atoms with Gasteiger partial charge in [0.2, 0.25) is 11.8 Å². The number of nitrogens with one attached hydrogen (secondary N) is 3. The average Bonchev–Trinajstić information content (AvgIpc) is 2.58. The third-order valence-corrected chi connectivity index (χ3v) is 3.36. The van der Waals surface area contributed by atoms with Gasteiger partial charge in [-0.05, 0) is 18.1 Å². The normalized spacial score (nSPS) is 18.7. The van der Waals surface area contributed by atoms with E-state index in [-0.39, 0.29) is 5.91 Å². The zero-order chi connectivity index (χ0) is 15.4. The number of carbonyl (C=O) groups excluding carboxylic acids is 2. The predicted molar refractivity (Wildman–Crippen MR) is 74.5 cm³/mol. The van der Waals surface area contributed by atoms with Crippen LogP contribution in [0.3, 0.4) is 0 Å². The molecular formula is C14H17N3O4. The van der Waals surface area contributed by atoms with E-state index in [1.165, 1.54) is 6.92 Å². The fourth-order valence-electron chi connectivity index (χ4n) is 2.21. The Labute approximate surface area is 121 Å². The molecule has 1 aromatic carbocycles. The highest BCUT2D eigenvalue weighted by Crippen LogP contribution is 2.14. The van der Waals surface area contributed by atoms with Gasteiger partial charge in [-0.2, -0.15) is 0 Å². The van der Waals surface area contributed by atoms with Crippen LogP contribution in [0.2, 0.25) is 0 Å². The first-order chi connectivity index (χ1) is 9.97. The van der Waals surface area contributed by atoms with Gasteiger partial charge in [-0.25, -0.2) is 4.79 Å². The van der Waals surface area contributed by atoms with Crippen molar-refractivity contribution in [3.8, 4) is 0 Å². The summed E-state index contributed by atoms with van der Waals surface area (Å²) in [5.41, 5.74) is 2.00. The number of fused-ring (bicyclic) bond motifs is 1. The average molecular weight is 291 g/mol. The summed E-state index contributed by atoms with van der Waals surface area (Å²) in [6.45, 7) is 1.84. The first-order valence-electron chi connectivity index (χ1n) is 6.61. The van der Waals surface area contributed by atoms with Gasteiger partial charge in [0.05, 0.1) is 0 Å². The lowest BCUT2D eigenvalue weighted by Crippen LogP contribution is -2.52. The Morgan fingerprint density at radius 3 is 2.67 bits per heavy atom. The van der Waals surface area contributed by atoms with Gasteiger partial charge in [0.15, 0.2) is 0 Å². The molecule has 0 spiro atoms. The summed E-state index contributed by atoms with van der Waals surface area (Å²) in [5, 5.41) is 16.0. The maximum Gasteiger partial charge on any atom is 0.405 e. The maximum atomic E-state index is 12.0. The van der Waals surface area contributed by atoms with Crippen molar-refractivity contribution >= 4 is 17.9 Å². The predicted octanol–water partition coefficient (Wildman–Crippen LogP) is -0.000200. The van der Waals surface area contributed by atoms with Crippen molar-refractivity contribution in [3.63, 3.8) is 0 Å². The molecule has 7 heteroatoms. The molecule has 0 saturated carbocycles. The van der Waals surface area contributed by atoms with Crippen LogP contribution in [0, 0.1) is 0 Å². The first kappa shape index (κ1) is 14.8. The Bertz CT molecular complexity index is 573. The van der Waals surface area contributed by atoms with Crippen molar-refractivity contribution in [2.45, 2.75) is 32.0 Å². The molecule has 3 amide bonds. The number of hydrogen-bond donors (Lipinski definition) is 4. The third-order valence-electron chi connectivity index (χ3n) is 3.36. The minimum Gasteiger partial charge on any atom is -0.465 e. The summed E-state index contributed by atoms with van der Waals surface area (Å²) in [7, 11) is 0. The second kappa shape index (κ2) is 6.25. The second-order valence-electron chi connectivity index (χ2n) is 4.92. The molecule has 4 N–H and O–H groups in total. The fraction of sp³-hybridized carbons (Fsp3) is 0.357. The van der Waals surface area contributed by atoms with Gasteiger partial charge in [0.1, 0.15) is 12.1 Å². The molecule has 2 atom stereocenters. The van der Waals surface area contributed by atoms with Crippen LogP contribution in [0.4, 0.5) is 4.79 Å². The van der Waals surface area contributed by atoms with Crippen LogP contribution in [0.1, 0.15) is 18.1 Å². The van der Waals surface area contributed by atoms with Crippen molar-refractivity contribution in [1.29, 1.82) is 0 Å². The molecule has 0 radical (unpaired) electrons. The summed E-state index contributed by atoms with van der Waals surface area (Å²) in [4.78, 5) is 34.4. The molecule has 0 fully saturated rings. The Morgan fingerprint density at radius 2 is 2.00 bits per heavy atom. The highest BCUT2D eigenvalue weighted by molar-refractivity contribution is 5.91. The summed E-state index contributed by atoms with van der Waals surface area (Å²) >= 11 is 0. The van der Waals surface area contributed by atoms with E-state index in [2.05, 4.69) is 16.0 Å². The van der Waals surface area contributed by atoms with Gasteiger partial charge < -0.3 is 21.1 Å². The van der Waals surface area contributed by atoms with Crippen LogP contribution in [0.5, 0.6) is 0 Å². The molecule has 1 aliphatic heterocycles. The van der Waals surface area contributed by atoms with Crippen molar-refractivity contribution in [2.24, 2.45) is 0 Å². The Morgan fingerprint density at radius 1 is 1.33 bits per heavy atom. The summed E-state index contributed by atoms with van der Waals surface area (Å²) in [5.74, 6) is -0.806. The summed E-state index contributed by atoms with van der Waals surface area (Å²) < 4.78 is 0. The lowest BCUT2D eigenvalue weighted by molar-refractivity contribution is -0.129. The Kier molecular flexibility index (Phi) is 4.42. The molecular weight excluding hydrogens is 274 g/mol. The topological polar surface area (TPSA) is 108 Å². The molecule has 0 bridgehead atoms. The van der Waals surface area contributed by atoms with E-state index in [0.29, 0.717) is 13.0 Å². The van der Waals surface area contributed by atoms with E-state index in [1.807, 2.05) is 24.3 Å². The number of carboxylic acid groups (broad SMARTS) is 1. The maximum absolute atomic E-state index is 12.0. The SMILES string of the molecule is CC(NC(=O)O)C(=O)N[C@H]1Cc2ccccc2CNC1=O. The van der Waals surface area contributed by atoms with Crippen LogP contribution in [0.15, 0.2) is 24.3 Å². The Balaban J connectivity index is 2.07. The van der Waals surface area contributed by atoms with Crippen molar-refractivity contribution in [2.75, 3.05) is 0 Å². The number of amides is 3. The van der Waals surface area contributed by atoms with E-state index in [9.17, 15) is 14.4 Å². The minimum absolute atomic E-state index is 0.276. The van der Waals surface area contributed by atoms with Crippen molar-refractivity contribution in [3.05, 3.63) is 35.4 Å². The Hall–Kier alpha value is -2.57. The monoisotopic (exact) mass is 291 g/mol. The van der Waals surface area contributed by atoms with E-state index in [0.717, 1.165) is 11.1 Å². The van der Waals surface area contributed by atoms with E-state index in [4.69, 9.17) is 5.11 Å². The number of carbonyl (C=O) groups is 3. The van der Waals surface area contributed by atoms with Crippen LogP contribution in [-0.4, -0.2) is 35.1 Å². The number of hydrogen-bond acceptors (Lipinski definition) is 3. The largest absolute Gasteiger partial charge is 0.465 e. The molecule has 1 aromatic rings. The summed E-state index contributed by atoms with van der Waals surface area (Å²) in [6.07, 6.45) is -0.901. The molecule has 1 unspecified atom stereocenters. The van der Waals surface area contributed by atoms with Gasteiger partial charge in [0.25, 0.3) is 0 Å². The van der Waals surface area contributed by atoms with Crippen LogP contribution in [-0.2, 0) is 22.6 Å². The molecule has 7 nitrogen and oxygen atoms in total. The van der Waals surface area contributed by atoms with E-state index >= 15 is 0 Å². The fourth-order valence-corrected chi connectivity index (χ4v) is 2.21. The molecule has 21 heavy (non-hydrogen) atoms. The zero-order valence-electron chi connectivity index (χ0n) is 11.6. The van der Waals surface area contributed by atoms with Gasteiger partial charge in [-0.15, -0.1) is 0 Å². The molecule has 0 aromatic heterocycles. The number of benzene rings is 1. The molecule has 0 saturated heterocycles. The van der Waals surface area contributed by atoms with E-state index < -0.39 is 24.1 Å². The van der Waals surface area contributed by atoms with Gasteiger partial charge in [0, 0.05) is 13.0 Å². The lowest BCUT2D eigenvalue weighted by Gasteiger charge is -2.18. The second-order valence-corrected chi connectivity index (χ2v) is 4.92. The van der Waals surface area contributed by atoms with Crippen LogP contribution >= 0.6 is 0 Å². The summed E-state index contributed by atoms with van der Waals surface area (Å²) in [6, 6.07) is 5.97. The van der Waals surface area contributed by atoms with E-state index in [1.54, 1.807) is 0 Å².